The van der Waals surface area contributed by atoms with Crippen LogP contribution in [0.2, 0.25) is 5.02 Å². The number of halogens is 1. The van der Waals surface area contributed by atoms with Crippen LogP contribution >= 0.6 is 11.6 Å². The molecule has 0 aliphatic rings. The second-order valence-corrected chi connectivity index (χ2v) is 8.12. The Morgan fingerprint density at radius 3 is 2.18 bits per heavy atom. The maximum atomic E-state index is 12.1. The lowest BCUT2D eigenvalue weighted by molar-refractivity contribution is 0.0694. The van der Waals surface area contributed by atoms with E-state index < -0.39 is 5.97 Å². The van der Waals surface area contributed by atoms with Crippen LogP contribution in [0.4, 0.5) is 0 Å². The van der Waals surface area contributed by atoms with Gasteiger partial charge in [-0.3, -0.25) is 0 Å². The monoisotopic (exact) mass is 472 g/mol. The van der Waals surface area contributed by atoms with Gasteiger partial charge in [0.1, 0.15) is 0 Å². The van der Waals surface area contributed by atoms with Crippen molar-refractivity contribution in [2.45, 2.75) is 33.5 Å². The molecule has 0 atom stereocenters. The number of aromatic nitrogens is 1. The summed E-state index contributed by atoms with van der Waals surface area (Å²) in [5.74, 6) is 0.727. The number of hydrogen-bond donors (Lipinski definition) is 2. The standard InChI is InChI=1S/C25H29ClN2O5/c1-15-20(13-27-12-18-10-21(31-3)24(33-5)22(11-18)32-4)23(25(29)30)16(2)28(15)14-17-7-6-8-19(26)9-17/h6-11,27H,12-14H2,1-5H3,(H,29,30). The van der Waals surface area contributed by atoms with Crippen molar-refractivity contribution in [3.8, 4) is 17.2 Å². The van der Waals surface area contributed by atoms with Crippen molar-refractivity contribution >= 4 is 17.6 Å². The van der Waals surface area contributed by atoms with Gasteiger partial charge in [0.2, 0.25) is 5.75 Å². The number of ether oxygens (including phenoxy) is 3. The van der Waals surface area contributed by atoms with Gasteiger partial charge in [-0.1, -0.05) is 23.7 Å². The van der Waals surface area contributed by atoms with Crippen LogP contribution < -0.4 is 19.5 Å². The smallest absolute Gasteiger partial charge is 0.337 e. The van der Waals surface area contributed by atoms with E-state index in [4.69, 9.17) is 25.8 Å². The highest BCUT2D eigenvalue weighted by Crippen LogP contribution is 2.38. The van der Waals surface area contributed by atoms with E-state index in [2.05, 4.69) is 5.32 Å². The van der Waals surface area contributed by atoms with Crippen molar-refractivity contribution in [3.63, 3.8) is 0 Å². The molecule has 0 saturated carbocycles. The molecule has 1 heterocycles. The van der Waals surface area contributed by atoms with Gasteiger partial charge in [-0.05, 0) is 49.2 Å². The highest BCUT2D eigenvalue weighted by atomic mass is 35.5. The molecule has 3 rings (SSSR count). The molecule has 0 aliphatic carbocycles. The molecular formula is C25H29ClN2O5. The van der Waals surface area contributed by atoms with Crippen LogP contribution in [0.15, 0.2) is 36.4 Å². The van der Waals surface area contributed by atoms with Crippen LogP contribution in [-0.4, -0.2) is 37.0 Å². The zero-order chi connectivity index (χ0) is 24.1. The van der Waals surface area contributed by atoms with Gasteiger partial charge in [-0.15, -0.1) is 0 Å². The van der Waals surface area contributed by atoms with Crippen LogP contribution in [-0.2, 0) is 19.6 Å². The number of aromatic carboxylic acids is 1. The Hall–Kier alpha value is -3.16. The predicted molar refractivity (Wildman–Crippen MR) is 128 cm³/mol. The minimum absolute atomic E-state index is 0.326. The third kappa shape index (κ3) is 5.26. The number of nitrogens with zero attached hydrogens (tertiary/aromatic N) is 1. The van der Waals surface area contributed by atoms with Crippen LogP contribution in [0, 0.1) is 13.8 Å². The number of rotatable bonds is 10. The fourth-order valence-corrected chi connectivity index (χ4v) is 4.29. The van der Waals surface area contributed by atoms with E-state index in [1.807, 2.05) is 54.8 Å². The number of carbonyl (C=O) groups is 1. The van der Waals surface area contributed by atoms with Crippen molar-refractivity contribution < 1.29 is 24.1 Å². The van der Waals surface area contributed by atoms with E-state index in [1.165, 1.54) is 0 Å². The quantitative estimate of drug-likeness (QED) is 0.440. The Kier molecular flexibility index (Phi) is 7.89. The molecule has 2 N–H and O–H groups in total. The maximum absolute atomic E-state index is 12.1. The molecule has 8 heteroatoms. The number of carboxylic acids is 1. The van der Waals surface area contributed by atoms with Gasteiger partial charge in [0.05, 0.1) is 26.9 Å². The summed E-state index contributed by atoms with van der Waals surface area (Å²) in [6.07, 6.45) is 0. The van der Waals surface area contributed by atoms with E-state index in [9.17, 15) is 9.90 Å². The SMILES string of the molecule is COc1cc(CNCc2c(C(=O)O)c(C)n(Cc3cccc(Cl)c3)c2C)cc(OC)c1OC. The molecule has 0 spiro atoms. The summed E-state index contributed by atoms with van der Waals surface area (Å²) in [7, 11) is 4.70. The molecule has 0 saturated heterocycles. The first kappa shape index (κ1) is 24.5. The minimum Gasteiger partial charge on any atom is -0.493 e. The second kappa shape index (κ2) is 10.6. The summed E-state index contributed by atoms with van der Waals surface area (Å²) < 4.78 is 18.2. The average molecular weight is 473 g/mol. The molecule has 3 aromatic rings. The molecule has 0 amide bonds. The molecule has 0 unspecified atom stereocenters. The van der Waals surface area contributed by atoms with E-state index in [1.54, 1.807) is 21.3 Å². The van der Waals surface area contributed by atoms with Crippen molar-refractivity contribution in [3.05, 3.63) is 75.1 Å². The van der Waals surface area contributed by atoms with Gasteiger partial charge in [-0.25, -0.2) is 4.79 Å². The molecule has 2 aromatic carbocycles. The molecule has 7 nitrogen and oxygen atoms in total. The first-order chi connectivity index (χ1) is 15.8. The number of benzene rings is 2. The summed E-state index contributed by atoms with van der Waals surface area (Å²) in [4.78, 5) is 12.1. The summed E-state index contributed by atoms with van der Waals surface area (Å²) in [6.45, 7) is 5.22. The van der Waals surface area contributed by atoms with Crippen molar-refractivity contribution in [2.75, 3.05) is 21.3 Å². The second-order valence-electron chi connectivity index (χ2n) is 7.68. The summed E-state index contributed by atoms with van der Waals surface area (Å²) in [5.41, 5.74) is 4.64. The normalized spacial score (nSPS) is 10.8. The van der Waals surface area contributed by atoms with E-state index >= 15 is 0 Å². The lowest BCUT2D eigenvalue weighted by Crippen LogP contribution is -2.16. The third-order valence-corrected chi connectivity index (χ3v) is 5.94. The maximum Gasteiger partial charge on any atom is 0.337 e. The van der Waals surface area contributed by atoms with Crippen molar-refractivity contribution in [1.82, 2.24) is 9.88 Å². The van der Waals surface area contributed by atoms with E-state index in [-0.39, 0.29) is 0 Å². The van der Waals surface area contributed by atoms with E-state index in [0.717, 1.165) is 22.4 Å². The Morgan fingerprint density at radius 1 is 0.970 bits per heavy atom. The highest BCUT2D eigenvalue weighted by Gasteiger charge is 2.22. The van der Waals surface area contributed by atoms with Crippen LogP contribution in [0.25, 0.3) is 0 Å². The number of nitrogens with one attached hydrogen (secondary N) is 1. The number of carboxylic acid groups (broad SMARTS) is 1. The molecule has 33 heavy (non-hydrogen) atoms. The lowest BCUT2D eigenvalue weighted by Gasteiger charge is -2.14. The Labute approximate surface area is 198 Å². The molecule has 0 radical (unpaired) electrons. The molecule has 0 aliphatic heterocycles. The Bertz CT molecular complexity index is 1130. The molecular weight excluding hydrogens is 444 g/mol. The van der Waals surface area contributed by atoms with Gasteiger partial charge in [-0.2, -0.15) is 0 Å². The number of methoxy groups -OCH3 is 3. The largest absolute Gasteiger partial charge is 0.493 e. The zero-order valence-electron chi connectivity index (χ0n) is 19.5. The van der Waals surface area contributed by atoms with E-state index in [0.29, 0.717) is 53.2 Å². The predicted octanol–water partition coefficient (Wildman–Crippen LogP) is 4.82. The lowest BCUT2D eigenvalue weighted by atomic mass is 10.1. The van der Waals surface area contributed by atoms with Gasteiger partial charge < -0.3 is 29.2 Å². The van der Waals surface area contributed by atoms with Crippen LogP contribution in [0.5, 0.6) is 17.2 Å². The average Bonchev–Trinajstić information content (AvgIpc) is 3.02. The topological polar surface area (TPSA) is 82.0 Å². The molecule has 0 fully saturated rings. The molecule has 176 valence electrons. The third-order valence-electron chi connectivity index (χ3n) is 5.71. The summed E-state index contributed by atoms with van der Waals surface area (Å²) in [5, 5.41) is 13.9. The highest BCUT2D eigenvalue weighted by molar-refractivity contribution is 6.30. The van der Waals surface area contributed by atoms with Gasteiger partial charge in [0.25, 0.3) is 0 Å². The molecule has 0 bridgehead atoms. The van der Waals surface area contributed by atoms with Crippen molar-refractivity contribution in [2.24, 2.45) is 0 Å². The summed E-state index contributed by atoms with van der Waals surface area (Å²) in [6, 6.07) is 11.3. The Balaban J connectivity index is 1.85. The number of hydrogen-bond acceptors (Lipinski definition) is 5. The zero-order valence-corrected chi connectivity index (χ0v) is 20.2. The van der Waals surface area contributed by atoms with Crippen molar-refractivity contribution in [1.29, 1.82) is 0 Å². The van der Waals surface area contributed by atoms with Gasteiger partial charge >= 0.3 is 5.97 Å². The van der Waals surface area contributed by atoms with Crippen LogP contribution in [0.1, 0.15) is 38.4 Å². The van der Waals surface area contributed by atoms with Gasteiger partial charge in [0, 0.05) is 41.6 Å². The summed E-state index contributed by atoms with van der Waals surface area (Å²) >= 11 is 6.13. The molecule has 1 aromatic heterocycles. The Morgan fingerprint density at radius 2 is 1.64 bits per heavy atom. The first-order valence-corrected chi connectivity index (χ1v) is 10.8. The van der Waals surface area contributed by atoms with Gasteiger partial charge in [0.15, 0.2) is 11.5 Å². The fourth-order valence-electron chi connectivity index (χ4n) is 4.07. The first-order valence-electron chi connectivity index (χ1n) is 10.5. The van der Waals surface area contributed by atoms with Crippen LogP contribution in [0.3, 0.4) is 0 Å². The fraction of sp³-hybridized carbons (Fsp3) is 0.320. The minimum atomic E-state index is -0.940.